The van der Waals surface area contributed by atoms with Crippen molar-refractivity contribution in [3.05, 3.63) is 35.4 Å². The summed E-state index contributed by atoms with van der Waals surface area (Å²) < 4.78 is 23.4. The van der Waals surface area contributed by atoms with E-state index in [1.807, 2.05) is 0 Å². The highest BCUT2D eigenvalue weighted by atomic mass is 127. The first-order chi connectivity index (χ1) is 12.4. The van der Waals surface area contributed by atoms with E-state index in [0.717, 1.165) is 6.54 Å². The highest BCUT2D eigenvalue weighted by Gasteiger charge is 2.34. The fraction of sp³-hybridized carbons (Fsp3) is 0.650. The minimum absolute atomic E-state index is 0. The van der Waals surface area contributed by atoms with E-state index in [4.69, 9.17) is 0 Å². The van der Waals surface area contributed by atoms with Crippen molar-refractivity contribution in [2.45, 2.75) is 56.9 Å². The van der Waals surface area contributed by atoms with Gasteiger partial charge in [-0.25, -0.2) is 8.42 Å². The molecule has 0 bridgehead atoms. The van der Waals surface area contributed by atoms with Crippen molar-refractivity contribution in [1.82, 2.24) is 10.6 Å². The summed E-state index contributed by atoms with van der Waals surface area (Å²) in [5.41, 5.74) is 2.83. The number of aliphatic imine (C=N–C) groups is 1. The number of hydrogen-bond donors (Lipinski definition) is 2. The topological polar surface area (TPSA) is 70.6 Å². The summed E-state index contributed by atoms with van der Waals surface area (Å²) in [6, 6.07) is 8.82. The molecular weight excluding hydrogens is 473 g/mol. The van der Waals surface area contributed by atoms with Gasteiger partial charge in [-0.3, -0.25) is 4.99 Å². The van der Waals surface area contributed by atoms with Crippen LogP contribution in [0.5, 0.6) is 0 Å². The van der Waals surface area contributed by atoms with Gasteiger partial charge in [0.25, 0.3) is 0 Å². The Morgan fingerprint density at radius 3 is 2.59 bits per heavy atom. The van der Waals surface area contributed by atoms with Crippen molar-refractivity contribution >= 4 is 39.8 Å². The third-order valence-corrected chi connectivity index (χ3v) is 7.60. The molecule has 1 aromatic carbocycles. The normalized spacial score (nSPS) is 24.1. The van der Waals surface area contributed by atoms with E-state index in [1.54, 1.807) is 7.05 Å². The number of sulfone groups is 1. The maximum atomic E-state index is 11.7. The Bertz CT molecular complexity index is 758. The molecule has 0 amide bonds. The molecule has 27 heavy (non-hydrogen) atoms. The van der Waals surface area contributed by atoms with Crippen LogP contribution < -0.4 is 10.6 Å². The summed E-state index contributed by atoms with van der Waals surface area (Å²) in [5, 5.41) is 6.80. The van der Waals surface area contributed by atoms with Gasteiger partial charge in [-0.15, -0.1) is 24.0 Å². The van der Waals surface area contributed by atoms with Gasteiger partial charge in [-0.2, -0.15) is 0 Å². The lowest BCUT2D eigenvalue weighted by atomic mass is 9.69. The van der Waals surface area contributed by atoms with Gasteiger partial charge in [-0.05, 0) is 31.7 Å². The van der Waals surface area contributed by atoms with Crippen LogP contribution in [-0.2, 0) is 15.3 Å². The lowest BCUT2D eigenvalue weighted by Crippen LogP contribution is -2.49. The van der Waals surface area contributed by atoms with Crippen molar-refractivity contribution in [2.24, 2.45) is 4.99 Å². The Hall–Kier alpha value is -0.830. The predicted octanol–water partition coefficient (Wildman–Crippen LogP) is 3.17. The quantitative estimate of drug-likeness (QED) is 0.375. The van der Waals surface area contributed by atoms with Gasteiger partial charge in [0.1, 0.15) is 0 Å². The summed E-state index contributed by atoms with van der Waals surface area (Å²) >= 11 is 0. The first-order valence-electron chi connectivity index (χ1n) is 9.67. The first kappa shape index (κ1) is 22.5. The maximum Gasteiger partial charge on any atom is 0.191 e. The number of hydrogen-bond acceptors (Lipinski definition) is 3. The van der Waals surface area contributed by atoms with Crippen LogP contribution in [0.15, 0.2) is 29.3 Å². The smallest absolute Gasteiger partial charge is 0.191 e. The average molecular weight is 505 g/mol. The molecule has 2 aliphatic rings. The van der Waals surface area contributed by atoms with Crippen LogP contribution in [0.1, 0.15) is 49.7 Å². The summed E-state index contributed by atoms with van der Waals surface area (Å²) in [7, 11) is -1.14. The second-order valence-electron chi connectivity index (χ2n) is 7.88. The van der Waals surface area contributed by atoms with E-state index in [9.17, 15) is 8.42 Å². The molecule has 1 unspecified atom stereocenters. The molecule has 1 aromatic rings. The van der Waals surface area contributed by atoms with Crippen LogP contribution in [0.4, 0.5) is 0 Å². The van der Waals surface area contributed by atoms with Gasteiger partial charge in [0.2, 0.25) is 0 Å². The molecule has 1 aliphatic carbocycles. The maximum absolute atomic E-state index is 11.7. The molecule has 3 rings (SSSR count). The molecule has 0 radical (unpaired) electrons. The first-order valence-corrected chi connectivity index (χ1v) is 11.5. The number of nitrogens with one attached hydrogen (secondary N) is 2. The second kappa shape index (κ2) is 9.58. The number of benzene rings is 1. The zero-order chi connectivity index (χ0) is 18.6. The monoisotopic (exact) mass is 505 g/mol. The third-order valence-electron chi connectivity index (χ3n) is 5.83. The van der Waals surface area contributed by atoms with E-state index in [1.165, 1.54) is 43.2 Å². The van der Waals surface area contributed by atoms with E-state index < -0.39 is 9.84 Å². The van der Waals surface area contributed by atoms with Gasteiger partial charge in [-0.1, -0.05) is 49.1 Å². The van der Waals surface area contributed by atoms with E-state index in [2.05, 4.69) is 46.8 Å². The van der Waals surface area contributed by atoms with Crippen LogP contribution in [-0.4, -0.2) is 45.5 Å². The van der Waals surface area contributed by atoms with Crippen molar-refractivity contribution in [1.29, 1.82) is 0 Å². The lowest BCUT2D eigenvalue weighted by molar-refractivity contribution is 0.291. The molecule has 0 aromatic heterocycles. The number of guanidine groups is 1. The Labute approximate surface area is 180 Å². The third kappa shape index (κ3) is 5.82. The van der Waals surface area contributed by atoms with Gasteiger partial charge < -0.3 is 10.6 Å². The Morgan fingerprint density at radius 1 is 1.26 bits per heavy atom. The Morgan fingerprint density at radius 2 is 2.00 bits per heavy atom. The fourth-order valence-electron chi connectivity index (χ4n) is 4.32. The number of halogens is 1. The SMILES string of the molecule is CN=C(NCC1(c2cccc(C)c2)CCCCC1)NC1CCS(=O)(=O)C1.I. The standard InChI is InChI=1S/C20H31N3O2S.HI/c1-16-7-6-8-17(13-16)20(10-4-3-5-11-20)15-22-19(21-2)23-18-9-12-26(24,25)14-18;/h6-8,13,18H,3-5,9-12,14-15H2,1-2H3,(H2,21,22,23);1H. The van der Waals surface area contributed by atoms with Crippen LogP contribution in [0.3, 0.4) is 0 Å². The largest absolute Gasteiger partial charge is 0.356 e. The zero-order valence-corrected chi connectivity index (χ0v) is 19.5. The molecule has 0 spiro atoms. The molecule has 152 valence electrons. The molecule has 1 aliphatic heterocycles. The van der Waals surface area contributed by atoms with Crippen molar-refractivity contribution in [2.75, 3.05) is 25.1 Å². The van der Waals surface area contributed by atoms with Crippen LogP contribution >= 0.6 is 24.0 Å². The van der Waals surface area contributed by atoms with Crippen molar-refractivity contribution in [3.63, 3.8) is 0 Å². The molecule has 7 heteroatoms. The summed E-state index contributed by atoms with van der Waals surface area (Å²) in [6.07, 6.45) is 6.83. The Balaban J connectivity index is 0.00000261. The summed E-state index contributed by atoms with van der Waals surface area (Å²) in [5.74, 6) is 1.19. The molecule has 1 saturated carbocycles. The van der Waals surface area contributed by atoms with Gasteiger partial charge >= 0.3 is 0 Å². The summed E-state index contributed by atoms with van der Waals surface area (Å²) in [4.78, 5) is 4.33. The molecule has 1 atom stereocenters. The van der Waals surface area contributed by atoms with Crippen LogP contribution in [0.2, 0.25) is 0 Å². The van der Waals surface area contributed by atoms with Crippen molar-refractivity contribution in [3.8, 4) is 0 Å². The lowest BCUT2D eigenvalue weighted by Gasteiger charge is -2.39. The summed E-state index contributed by atoms with van der Waals surface area (Å²) in [6.45, 7) is 2.98. The molecule has 2 fully saturated rings. The van der Waals surface area contributed by atoms with Crippen molar-refractivity contribution < 1.29 is 8.42 Å². The number of nitrogens with zero attached hydrogens (tertiary/aromatic N) is 1. The van der Waals surface area contributed by atoms with E-state index in [0.29, 0.717) is 12.4 Å². The highest BCUT2D eigenvalue weighted by molar-refractivity contribution is 14.0. The van der Waals surface area contributed by atoms with Crippen LogP contribution in [0, 0.1) is 6.92 Å². The van der Waals surface area contributed by atoms with E-state index in [-0.39, 0.29) is 46.9 Å². The van der Waals surface area contributed by atoms with E-state index >= 15 is 0 Å². The van der Waals surface area contributed by atoms with Gasteiger partial charge in [0, 0.05) is 25.0 Å². The molecule has 2 N–H and O–H groups in total. The van der Waals surface area contributed by atoms with Crippen LogP contribution in [0.25, 0.3) is 0 Å². The molecule has 1 saturated heterocycles. The molecular formula is C20H32IN3O2S. The van der Waals surface area contributed by atoms with Gasteiger partial charge in [0.05, 0.1) is 11.5 Å². The Kier molecular flexibility index (Phi) is 7.97. The minimum Gasteiger partial charge on any atom is -0.356 e. The highest BCUT2D eigenvalue weighted by Crippen LogP contribution is 2.39. The number of aryl methyl sites for hydroxylation is 1. The zero-order valence-electron chi connectivity index (χ0n) is 16.3. The van der Waals surface area contributed by atoms with Gasteiger partial charge in [0.15, 0.2) is 15.8 Å². The number of rotatable bonds is 4. The second-order valence-corrected chi connectivity index (χ2v) is 10.1. The fourth-order valence-corrected chi connectivity index (χ4v) is 5.99. The molecule has 5 nitrogen and oxygen atoms in total. The minimum atomic E-state index is -2.89. The average Bonchev–Trinajstić information content (AvgIpc) is 2.98. The molecule has 1 heterocycles. The predicted molar refractivity (Wildman–Crippen MR) is 123 cm³/mol.